The van der Waals surface area contributed by atoms with Crippen LogP contribution in [-0.4, -0.2) is 50.5 Å². The van der Waals surface area contributed by atoms with Gasteiger partial charge >= 0.3 is 0 Å². The summed E-state index contributed by atoms with van der Waals surface area (Å²) in [5, 5.41) is 15.4. The minimum Gasteiger partial charge on any atom is -0.389 e. The van der Waals surface area contributed by atoms with Gasteiger partial charge in [0.1, 0.15) is 5.69 Å². The fourth-order valence-electron chi connectivity index (χ4n) is 4.73. The molecule has 0 spiro atoms. The number of rotatable bonds is 2. The summed E-state index contributed by atoms with van der Waals surface area (Å²) in [4.78, 5) is 15.1. The zero-order valence-corrected chi connectivity index (χ0v) is 15.5. The maximum atomic E-state index is 13.2. The van der Waals surface area contributed by atoms with E-state index in [1.165, 1.54) is 6.42 Å². The fraction of sp³-hybridized carbons (Fsp3) is 0.789. The van der Waals surface area contributed by atoms with Gasteiger partial charge in [-0.1, -0.05) is 6.42 Å². The van der Waals surface area contributed by atoms with Crippen molar-refractivity contribution in [2.24, 2.45) is 13.0 Å². The molecule has 1 saturated heterocycles. The molecule has 0 unspecified atom stereocenters. The summed E-state index contributed by atoms with van der Waals surface area (Å²) < 4.78 is 7.56. The van der Waals surface area contributed by atoms with Crippen molar-refractivity contribution in [2.45, 2.75) is 70.2 Å². The summed E-state index contributed by atoms with van der Waals surface area (Å²) in [5.74, 6) is 0.487. The molecule has 1 aromatic heterocycles. The third-order valence-corrected chi connectivity index (χ3v) is 6.47. The number of piperidine rings is 1. The maximum absolute atomic E-state index is 13.2. The lowest BCUT2D eigenvalue weighted by molar-refractivity contribution is -0.0862. The van der Waals surface area contributed by atoms with Crippen LogP contribution in [0.25, 0.3) is 0 Å². The van der Waals surface area contributed by atoms with Crippen LogP contribution in [0, 0.1) is 5.92 Å². The molecule has 4 rings (SSSR count). The van der Waals surface area contributed by atoms with Crippen molar-refractivity contribution in [1.82, 2.24) is 14.7 Å². The first-order valence-electron chi connectivity index (χ1n) is 9.62. The molecule has 0 aromatic carbocycles. The molecule has 2 fully saturated rings. The van der Waals surface area contributed by atoms with Crippen LogP contribution in [0.2, 0.25) is 0 Å². The third kappa shape index (κ3) is 2.79. The van der Waals surface area contributed by atoms with Gasteiger partial charge in [0.15, 0.2) is 0 Å². The number of aryl methyl sites for hydroxylation is 1. The van der Waals surface area contributed by atoms with Gasteiger partial charge in [-0.25, -0.2) is 0 Å². The molecule has 1 aliphatic carbocycles. The number of ether oxygens (including phenoxy) is 1. The van der Waals surface area contributed by atoms with Gasteiger partial charge < -0.3 is 14.7 Å². The van der Waals surface area contributed by atoms with E-state index >= 15 is 0 Å². The normalized spacial score (nSPS) is 29.2. The second kappa shape index (κ2) is 6.09. The Balaban J connectivity index is 1.52. The van der Waals surface area contributed by atoms with Gasteiger partial charge in [0, 0.05) is 32.1 Å². The van der Waals surface area contributed by atoms with Crippen molar-refractivity contribution < 1.29 is 14.6 Å². The van der Waals surface area contributed by atoms with Crippen LogP contribution in [0.5, 0.6) is 0 Å². The van der Waals surface area contributed by atoms with E-state index in [9.17, 15) is 9.90 Å². The van der Waals surface area contributed by atoms with E-state index < -0.39 is 5.60 Å². The van der Waals surface area contributed by atoms with Crippen LogP contribution in [0.15, 0.2) is 0 Å². The molecular weight excluding hydrogens is 318 g/mol. The van der Waals surface area contributed by atoms with Crippen molar-refractivity contribution >= 4 is 5.91 Å². The van der Waals surface area contributed by atoms with Gasteiger partial charge in [-0.2, -0.15) is 5.10 Å². The number of likely N-dealkylation sites (tertiary alicyclic amines) is 1. The molecule has 0 radical (unpaired) electrons. The Bertz CT molecular complexity index is 672. The molecule has 25 heavy (non-hydrogen) atoms. The molecule has 1 N–H and O–H groups in total. The molecule has 1 amide bonds. The molecule has 138 valence electrons. The quantitative estimate of drug-likeness (QED) is 0.891. The number of aromatic nitrogens is 2. The minimum atomic E-state index is -0.558. The number of hydrogen-bond acceptors (Lipinski definition) is 4. The van der Waals surface area contributed by atoms with Crippen molar-refractivity contribution in [3.05, 3.63) is 17.0 Å². The van der Waals surface area contributed by atoms with Crippen LogP contribution in [-0.2, 0) is 18.2 Å². The highest BCUT2D eigenvalue weighted by Crippen LogP contribution is 2.42. The second-order valence-corrected chi connectivity index (χ2v) is 8.15. The Kier molecular flexibility index (Phi) is 4.15. The lowest BCUT2D eigenvalue weighted by Gasteiger charge is -2.46. The molecule has 0 bridgehead atoms. The van der Waals surface area contributed by atoms with E-state index in [1.807, 2.05) is 25.8 Å². The van der Waals surface area contributed by atoms with Crippen molar-refractivity contribution in [3.63, 3.8) is 0 Å². The Morgan fingerprint density at radius 3 is 2.56 bits per heavy atom. The highest BCUT2D eigenvalue weighted by atomic mass is 16.5. The average molecular weight is 347 g/mol. The molecule has 2 aliphatic heterocycles. The van der Waals surface area contributed by atoms with Crippen molar-refractivity contribution in [3.8, 4) is 0 Å². The number of fused-ring (bicyclic) bond motifs is 1. The fourth-order valence-corrected chi connectivity index (χ4v) is 4.73. The predicted molar refractivity (Wildman–Crippen MR) is 93.3 cm³/mol. The Morgan fingerprint density at radius 2 is 1.96 bits per heavy atom. The second-order valence-electron chi connectivity index (χ2n) is 8.15. The van der Waals surface area contributed by atoms with Gasteiger partial charge in [-0.05, 0) is 45.4 Å². The minimum absolute atomic E-state index is 0.0493. The first-order chi connectivity index (χ1) is 11.9. The highest BCUT2D eigenvalue weighted by molar-refractivity contribution is 5.94. The molecule has 3 aliphatic rings. The summed E-state index contributed by atoms with van der Waals surface area (Å²) in [6.07, 6.45) is 5.65. The summed E-state index contributed by atoms with van der Waals surface area (Å²) >= 11 is 0. The van der Waals surface area contributed by atoms with Crippen LogP contribution >= 0.6 is 0 Å². The lowest BCUT2D eigenvalue weighted by atomic mass is 9.69. The van der Waals surface area contributed by atoms with E-state index in [2.05, 4.69) is 5.10 Å². The topological polar surface area (TPSA) is 67.6 Å². The van der Waals surface area contributed by atoms with Crippen molar-refractivity contribution in [1.29, 1.82) is 0 Å². The largest absolute Gasteiger partial charge is 0.389 e. The van der Waals surface area contributed by atoms with E-state index in [-0.39, 0.29) is 18.1 Å². The van der Waals surface area contributed by atoms with E-state index in [4.69, 9.17) is 4.74 Å². The van der Waals surface area contributed by atoms with Crippen LogP contribution < -0.4 is 0 Å². The number of hydrogen-bond donors (Lipinski definition) is 1. The maximum Gasteiger partial charge on any atom is 0.272 e. The van der Waals surface area contributed by atoms with Gasteiger partial charge in [0.2, 0.25) is 0 Å². The average Bonchev–Trinajstić information content (AvgIpc) is 2.81. The molecule has 1 saturated carbocycles. The number of carbonyl (C=O) groups is 1. The molecule has 6 nitrogen and oxygen atoms in total. The first kappa shape index (κ1) is 17.0. The van der Waals surface area contributed by atoms with E-state index in [0.29, 0.717) is 37.5 Å². The Morgan fingerprint density at radius 1 is 1.28 bits per heavy atom. The lowest BCUT2D eigenvalue weighted by Crippen LogP contribution is -2.52. The van der Waals surface area contributed by atoms with E-state index in [0.717, 1.165) is 30.5 Å². The van der Waals surface area contributed by atoms with Gasteiger partial charge in [-0.15, -0.1) is 0 Å². The van der Waals surface area contributed by atoms with Crippen LogP contribution in [0.1, 0.15) is 73.8 Å². The van der Waals surface area contributed by atoms with Crippen molar-refractivity contribution in [2.75, 3.05) is 13.1 Å². The number of carbonyl (C=O) groups excluding carboxylic acids is 1. The smallest absolute Gasteiger partial charge is 0.272 e. The standard InChI is InChI=1S/C19H29N3O3/c1-12-11-15-16(13(2)25-12)20-21(3)17(15)18(23)22-9-7-19(24,8-10-22)14-5-4-6-14/h12-14,24H,4-11H2,1-3H3/t12-,13+/m1/s1. The Labute approximate surface area is 149 Å². The third-order valence-electron chi connectivity index (χ3n) is 6.47. The van der Waals surface area contributed by atoms with Gasteiger partial charge in [-0.3, -0.25) is 9.48 Å². The van der Waals surface area contributed by atoms with Gasteiger partial charge in [0.05, 0.1) is 23.5 Å². The zero-order valence-electron chi connectivity index (χ0n) is 15.5. The molecule has 1 aromatic rings. The Hall–Kier alpha value is -1.40. The SMILES string of the molecule is C[C@@H]1Cc2c(nn(C)c2C(=O)N2CCC(O)(C3CCC3)CC2)[C@H](C)O1. The first-order valence-corrected chi connectivity index (χ1v) is 9.62. The summed E-state index contributed by atoms with van der Waals surface area (Å²) in [5.41, 5.74) is 2.08. The van der Waals surface area contributed by atoms with E-state index in [1.54, 1.807) is 4.68 Å². The predicted octanol–water partition coefficient (Wildman–Crippen LogP) is 2.21. The number of nitrogens with zero attached hydrogens (tertiary/aromatic N) is 3. The van der Waals surface area contributed by atoms with Gasteiger partial charge in [0.25, 0.3) is 5.91 Å². The highest BCUT2D eigenvalue weighted by Gasteiger charge is 2.43. The molecule has 2 atom stereocenters. The zero-order chi connectivity index (χ0) is 17.8. The number of amides is 1. The summed E-state index contributed by atoms with van der Waals surface area (Å²) in [6.45, 7) is 5.30. The molecule has 6 heteroatoms. The van der Waals surface area contributed by atoms with Crippen LogP contribution in [0.4, 0.5) is 0 Å². The summed E-state index contributed by atoms with van der Waals surface area (Å²) in [7, 11) is 1.84. The number of aliphatic hydroxyl groups is 1. The molecule has 3 heterocycles. The monoisotopic (exact) mass is 347 g/mol. The van der Waals surface area contributed by atoms with Crippen LogP contribution in [0.3, 0.4) is 0 Å². The molecular formula is C19H29N3O3. The summed E-state index contributed by atoms with van der Waals surface area (Å²) in [6, 6.07) is 0.